The van der Waals surface area contributed by atoms with E-state index in [0.717, 1.165) is 0 Å². The summed E-state index contributed by atoms with van der Waals surface area (Å²) < 4.78 is 7.17. The topological polar surface area (TPSA) is 105 Å². The van der Waals surface area contributed by atoms with Crippen molar-refractivity contribution in [2.45, 2.75) is 26.0 Å². The molecule has 9 nitrogen and oxygen atoms in total. The number of hydrogen-bond donors (Lipinski definition) is 1. The molecule has 1 aliphatic heterocycles. The summed E-state index contributed by atoms with van der Waals surface area (Å²) in [5.74, 6) is -1.50. The Bertz CT molecular complexity index is 589. The maximum absolute atomic E-state index is 12.6. The van der Waals surface area contributed by atoms with Crippen LogP contribution < -0.4 is 0 Å². The summed E-state index contributed by atoms with van der Waals surface area (Å²) in [6, 6.07) is 1.32. The maximum atomic E-state index is 12.6. The number of amides is 2. The van der Waals surface area contributed by atoms with Crippen molar-refractivity contribution < 1.29 is 24.2 Å². The minimum atomic E-state index is -1.08. The van der Waals surface area contributed by atoms with E-state index in [9.17, 15) is 14.4 Å². The Morgan fingerprint density at radius 1 is 1.46 bits per heavy atom. The summed E-state index contributed by atoms with van der Waals surface area (Å²) >= 11 is 0. The zero-order valence-corrected chi connectivity index (χ0v) is 13.8. The highest BCUT2D eigenvalue weighted by Gasteiger charge is 2.30. The van der Waals surface area contributed by atoms with Crippen molar-refractivity contribution in [1.82, 2.24) is 19.6 Å². The number of carboxylic acids is 1. The molecule has 0 aliphatic carbocycles. The van der Waals surface area contributed by atoms with Crippen LogP contribution in [0.15, 0.2) is 18.5 Å². The third-order valence-corrected chi connectivity index (χ3v) is 3.92. The van der Waals surface area contributed by atoms with E-state index in [1.807, 2.05) is 0 Å². The molecule has 0 spiro atoms. The highest BCUT2D eigenvalue weighted by Crippen LogP contribution is 2.14. The first kappa shape index (κ1) is 17.9. The van der Waals surface area contributed by atoms with Crippen molar-refractivity contribution in [2.75, 3.05) is 32.8 Å². The summed E-state index contributed by atoms with van der Waals surface area (Å²) in [5, 5.41) is 12.9. The van der Waals surface area contributed by atoms with Gasteiger partial charge in [0, 0.05) is 39.0 Å². The fourth-order valence-corrected chi connectivity index (χ4v) is 2.63. The molecule has 2 rings (SSSR count). The van der Waals surface area contributed by atoms with E-state index in [4.69, 9.17) is 9.84 Å². The first-order chi connectivity index (χ1) is 11.4. The molecule has 1 N–H and O–H groups in total. The Kier molecular flexibility index (Phi) is 5.91. The molecule has 2 unspecified atom stereocenters. The van der Waals surface area contributed by atoms with Gasteiger partial charge in [0.1, 0.15) is 12.6 Å². The monoisotopic (exact) mass is 338 g/mol. The lowest BCUT2D eigenvalue weighted by Gasteiger charge is -2.36. The second-order valence-corrected chi connectivity index (χ2v) is 5.73. The van der Waals surface area contributed by atoms with Crippen LogP contribution in [-0.2, 0) is 19.1 Å². The van der Waals surface area contributed by atoms with Crippen molar-refractivity contribution in [3.63, 3.8) is 0 Å². The Balaban J connectivity index is 1.96. The minimum Gasteiger partial charge on any atom is -0.480 e. The average molecular weight is 338 g/mol. The van der Waals surface area contributed by atoms with Gasteiger partial charge in [-0.3, -0.25) is 19.1 Å². The molecule has 0 bridgehead atoms. The van der Waals surface area contributed by atoms with Crippen LogP contribution in [0, 0.1) is 0 Å². The van der Waals surface area contributed by atoms with Crippen LogP contribution in [0.25, 0.3) is 0 Å². The van der Waals surface area contributed by atoms with E-state index in [-0.39, 0.29) is 24.9 Å². The standard InChI is InChI=1S/C15H22N4O5/c1-11(19-5-3-4-16-19)15(23)17-6-7-24-13(8-17)9-18(12(2)20)10-14(21)22/h3-5,11,13H,6-10H2,1-2H3,(H,21,22). The number of nitrogens with zero attached hydrogens (tertiary/aromatic N) is 4. The fraction of sp³-hybridized carbons (Fsp3) is 0.600. The lowest BCUT2D eigenvalue weighted by Crippen LogP contribution is -2.52. The molecule has 1 aliphatic rings. The molecule has 1 aromatic heterocycles. The fourth-order valence-electron chi connectivity index (χ4n) is 2.63. The predicted molar refractivity (Wildman–Crippen MR) is 83.1 cm³/mol. The molecule has 0 saturated carbocycles. The normalized spacial score (nSPS) is 18.9. The number of ether oxygens (including phenoxy) is 1. The van der Waals surface area contributed by atoms with Crippen molar-refractivity contribution in [2.24, 2.45) is 0 Å². The van der Waals surface area contributed by atoms with E-state index >= 15 is 0 Å². The van der Waals surface area contributed by atoms with Crippen molar-refractivity contribution in [1.29, 1.82) is 0 Å². The first-order valence-corrected chi connectivity index (χ1v) is 7.75. The van der Waals surface area contributed by atoms with Gasteiger partial charge in [0.05, 0.1) is 12.7 Å². The van der Waals surface area contributed by atoms with E-state index < -0.39 is 18.1 Å². The van der Waals surface area contributed by atoms with Crippen LogP contribution in [-0.4, -0.2) is 81.4 Å². The largest absolute Gasteiger partial charge is 0.480 e. The summed E-state index contributed by atoms with van der Waals surface area (Å²) in [6.45, 7) is 3.96. The number of hydrogen-bond acceptors (Lipinski definition) is 5. The van der Waals surface area contributed by atoms with E-state index in [1.54, 1.807) is 35.0 Å². The zero-order valence-electron chi connectivity index (χ0n) is 13.8. The van der Waals surface area contributed by atoms with E-state index in [2.05, 4.69) is 5.10 Å². The summed E-state index contributed by atoms with van der Waals surface area (Å²) in [5.41, 5.74) is 0. The van der Waals surface area contributed by atoms with Gasteiger partial charge in [-0.05, 0) is 13.0 Å². The van der Waals surface area contributed by atoms with Gasteiger partial charge in [-0.25, -0.2) is 0 Å². The van der Waals surface area contributed by atoms with Crippen LogP contribution in [0.1, 0.15) is 19.9 Å². The van der Waals surface area contributed by atoms with Crippen molar-refractivity contribution >= 4 is 17.8 Å². The molecule has 132 valence electrons. The van der Waals surface area contributed by atoms with Gasteiger partial charge < -0.3 is 19.6 Å². The van der Waals surface area contributed by atoms with Gasteiger partial charge in [0.2, 0.25) is 11.8 Å². The molecule has 1 saturated heterocycles. The molecule has 2 amide bonds. The van der Waals surface area contributed by atoms with Crippen LogP contribution in [0.2, 0.25) is 0 Å². The molecule has 9 heteroatoms. The van der Waals surface area contributed by atoms with Gasteiger partial charge in [0.25, 0.3) is 0 Å². The number of carboxylic acid groups (broad SMARTS) is 1. The molecule has 1 aromatic rings. The minimum absolute atomic E-state index is 0.0837. The second-order valence-electron chi connectivity index (χ2n) is 5.73. The second kappa shape index (κ2) is 7.91. The number of morpholine rings is 1. The Morgan fingerprint density at radius 3 is 2.79 bits per heavy atom. The third-order valence-electron chi connectivity index (χ3n) is 3.92. The molecule has 2 heterocycles. The Hall–Kier alpha value is -2.42. The lowest BCUT2D eigenvalue weighted by molar-refractivity contribution is -0.149. The predicted octanol–water partition coefficient (Wildman–Crippen LogP) is -0.395. The highest BCUT2D eigenvalue weighted by atomic mass is 16.5. The highest BCUT2D eigenvalue weighted by molar-refractivity contribution is 5.80. The van der Waals surface area contributed by atoms with Crippen LogP contribution in [0.5, 0.6) is 0 Å². The third kappa shape index (κ3) is 4.54. The molecule has 24 heavy (non-hydrogen) atoms. The SMILES string of the molecule is CC(=O)N(CC(=O)O)CC1CN(C(=O)C(C)n2cccn2)CCO1. The number of rotatable bonds is 6. The number of aromatic nitrogens is 2. The first-order valence-electron chi connectivity index (χ1n) is 7.75. The number of carbonyl (C=O) groups is 3. The van der Waals surface area contributed by atoms with E-state index in [1.165, 1.54) is 11.8 Å². The molecule has 1 fully saturated rings. The molecule has 2 atom stereocenters. The summed E-state index contributed by atoms with van der Waals surface area (Å²) in [6.07, 6.45) is 2.93. The number of carbonyl (C=O) groups excluding carboxylic acids is 2. The summed E-state index contributed by atoms with van der Waals surface area (Å²) in [7, 11) is 0. The Labute approximate surface area is 139 Å². The smallest absolute Gasteiger partial charge is 0.323 e. The van der Waals surface area contributed by atoms with Gasteiger partial charge >= 0.3 is 5.97 Å². The van der Waals surface area contributed by atoms with Gasteiger partial charge in [-0.2, -0.15) is 5.10 Å². The van der Waals surface area contributed by atoms with Gasteiger partial charge in [-0.1, -0.05) is 0 Å². The van der Waals surface area contributed by atoms with Crippen molar-refractivity contribution in [3.8, 4) is 0 Å². The summed E-state index contributed by atoms with van der Waals surface area (Å²) in [4.78, 5) is 37.8. The molecular formula is C15H22N4O5. The quantitative estimate of drug-likeness (QED) is 0.757. The lowest BCUT2D eigenvalue weighted by atomic mass is 10.2. The van der Waals surface area contributed by atoms with Crippen molar-refractivity contribution in [3.05, 3.63) is 18.5 Å². The zero-order chi connectivity index (χ0) is 17.7. The van der Waals surface area contributed by atoms with Gasteiger partial charge in [0.15, 0.2) is 0 Å². The average Bonchev–Trinajstić information content (AvgIpc) is 3.07. The van der Waals surface area contributed by atoms with Crippen LogP contribution in [0.3, 0.4) is 0 Å². The Morgan fingerprint density at radius 2 is 2.21 bits per heavy atom. The van der Waals surface area contributed by atoms with Crippen LogP contribution in [0.4, 0.5) is 0 Å². The van der Waals surface area contributed by atoms with Gasteiger partial charge in [-0.15, -0.1) is 0 Å². The maximum Gasteiger partial charge on any atom is 0.323 e. The van der Waals surface area contributed by atoms with Crippen LogP contribution >= 0.6 is 0 Å². The molecular weight excluding hydrogens is 316 g/mol. The molecule has 0 aromatic carbocycles. The molecule has 0 radical (unpaired) electrons. The van der Waals surface area contributed by atoms with E-state index in [0.29, 0.717) is 19.7 Å². The number of aliphatic carboxylic acids is 1.